The van der Waals surface area contributed by atoms with Crippen LogP contribution < -0.4 is 5.32 Å². The van der Waals surface area contributed by atoms with Crippen LogP contribution in [-0.2, 0) is 30.3 Å². The third-order valence-corrected chi connectivity index (χ3v) is 12.4. The predicted molar refractivity (Wildman–Crippen MR) is 225 cm³/mol. The summed E-state index contributed by atoms with van der Waals surface area (Å²) < 4.78 is 9.71. The fraction of sp³-hybridized carbons (Fsp3) is 0.435. The Bertz CT molecular complexity index is 2470. The molecule has 12 nitrogen and oxygen atoms in total. The van der Waals surface area contributed by atoms with Gasteiger partial charge < -0.3 is 29.6 Å². The number of ether oxygens (including phenoxy) is 2. The summed E-state index contributed by atoms with van der Waals surface area (Å²) in [4.78, 5) is 69.2. The molecular formula is C46H52N6O6. The number of hydrogen-bond donors (Lipinski definition) is 2. The van der Waals surface area contributed by atoms with Crippen LogP contribution in [0.2, 0.25) is 0 Å². The molecule has 3 aliphatic rings. The number of hydrogen-bond acceptors (Lipinski definition) is 8. The number of likely N-dealkylation sites (tertiary alicyclic amines) is 2. The molecule has 2 N–H and O–H groups in total. The van der Waals surface area contributed by atoms with Crippen molar-refractivity contribution in [3.63, 3.8) is 0 Å². The molecule has 2 fully saturated rings. The lowest BCUT2D eigenvalue weighted by molar-refractivity contribution is -0.148. The van der Waals surface area contributed by atoms with Gasteiger partial charge in [0.2, 0.25) is 11.8 Å². The molecule has 4 heterocycles. The lowest BCUT2D eigenvalue weighted by Gasteiger charge is -2.30. The maximum atomic E-state index is 13.8. The van der Waals surface area contributed by atoms with E-state index < -0.39 is 18.1 Å². The Morgan fingerprint density at radius 3 is 2.12 bits per heavy atom. The zero-order valence-corrected chi connectivity index (χ0v) is 34.1. The van der Waals surface area contributed by atoms with Gasteiger partial charge in [-0.1, -0.05) is 64.1 Å². The number of esters is 1. The molecule has 3 aliphatic heterocycles. The highest BCUT2D eigenvalue weighted by Crippen LogP contribution is 2.40. The van der Waals surface area contributed by atoms with Crippen LogP contribution in [0.4, 0.5) is 10.5 Å². The topological polar surface area (TPSA) is 146 Å². The Balaban J connectivity index is 1.01. The van der Waals surface area contributed by atoms with E-state index in [-0.39, 0.29) is 48.1 Å². The van der Waals surface area contributed by atoms with E-state index in [1.54, 1.807) is 0 Å². The number of alkyl carbamates (subject to hydrolysis) is 1. The molecule has 0 radical (unpaired) electrons. The van der Waals surface area contributed by atoms with Crippen molar-refractivity contribution in [2.45, 2.75) is 84.3 Å². The number of imidazole rings is 1. The molecule has 1 unspecified atom stereocenters. The van der Waals surface area contributed by atoms with Gasteiger partial charge in [-0.25, -0.2) is 9.78 Å². The highest BCUT2D eigenvalue weighted by molar-refractivity contribution is 6.07. The normalized spacial score (nSPS) is 18.9. The van der Waals surface area contributed by atoms with Gasteiger partial charge >= 0.3 is 12.1 Å². The summed E-state index contributed by atoms with van der Waals surface area (Å²) in [6.45, 7) is 9.06. The summed E-state index contributed by atoms with van der Waals surface area (Å²) in [6, 6.07) is 20.5. The van der Waals surface area contributed by atoms with E-state index in [1.165, 1.54) is 19.8 Å². The van der Waals surface area contributed by atoms with Crippen molar-refractivity contribution in [3.05, 3.63) is 72.1 Å². The molecule has 4 aromatic carbocycles. The molecule has 1 aromatic heterocycles. The van der Waals surface area contributed by atoms with Crippen LogP contribution in [0.15, 0.2) is 65.7 Å². The standard InChI is InChI=1S/C46H52N6O6/c1-25(2)33(24-40(53)57-5)44(54)51-19-7-9-38(51)37-23-34-31-15-11-27(21-29(31)13-17-35(34)47-37)28-12-16-32-30(22-28)14-18-36-42(32)49-43(48-36)39-10-8-20-52(39)45(55)41(26(3)4)50-46(56)58-6/h11-18,21-22,25-26,33,38-39,41H,7-10,19-20,23-24H2,1-6H3,(H,48,49)(H,50,56)/t33-,38?,39-,41-/m0/s1. The second kappa shape index (κ2) is 15.9. The van der Waals surface area contributed by atoms with Gasteiger partial charge in [0.05, 0.1) is 55.4 Å². The number of aliphatic imine (C=N–C) groups is 1. The monoisotopic (exact) mass is 784 g/mol. The largest absolute Gasteiger partial charge is 0.469 e. The fourth-order valence-electron chi connectivity index (χ4n) is 9.23. The lowest BCUT2D eigenvalue weighted by Crippen LogP contribution is -2.51. The maximum Gasteiger partial charge on any atom is 0.407 e. The molecule has 0 aliphatic carbocycles. The van der Waals surface area contributed by atoms with Crippen molar-refractivity contribution in [1.29, 1.82) is 0 Å². The number of aromatic nitrogens is 2. The summed E-state index contributed by atoms with van der Waals surface area (Å²) in [7, 11) is 2.67. The van der Waals surface area contributed by atoms with Gasteiger partial charge in [-0.15, -0.1) is 0 Å². The summed E-state index contributed by atoms with van der Waals surface area (Å²) in [5, 5.41) is 7.11. The fourth-order valence-corrected chi connectivity index (χ4v) is 9.23. The summed E-state index contributed by atoms with van der Waals surface area (Å²) in [6.07, 6.45) is 3.57. The van der Waals surface area contributed by atoms with Crippen molar-refractivity contribution in [2.24, 2.45) is 22.7 Å². The van der Waals surface area contributed by atoms with Gasteiger partial charge in [-0.2, -0.15) is 0 Å². The Labute approximate surface area is 338 Å². The first kappa shape index (κ1) is 39.1. The number of fused-ring (bicyclic) bond motifs is 6. The van der Waals surface area contributed by atoms with E-state index in [2.05, 4.69) is 71.0 Å². The van der Waals surface area contributed by atoms with Crippen molar-refractivity contribution >= 4 is 67.9 Å². The Hall–Kier alpha value is -5.78. The van der Waals surface area contributed by atoms with Crippen LogP contribution in [0.1, 0.15) is 77.2 Å². The third kappa shape index (κ3) is 7.17. The average Bonchev–Trinajstić information content (AvgIpc) is 4.06. The molecule has 58 heavy (non-hydrogen) atoms. The van der Waals surface area contributed by atoms with Crippen molar-refractivity contribution in [1.82, 2.24) is 25.1 Å². The molecule has 4 atom stereocenters. The van der Waals surface area contributed by atoms with Gasteiger partial charge in [0.1, 0.15) is 11.9 Å². The molecule has 3 amide bonds. The van der Waals surface area contributed by atoms with E-state index in [0.717, 1.165) is 86.6 Å². The van der Waals surface area contributed by atoms with Crippen molar-refractivity contribution < 1.29 is 28.7 Å². The Morgan fingerprint density at radius 1 is 0.793 bits per heavy atom. The van der Waals surface area contributed by atoms with Gasteiger partial charge in [0.25, 0.3) is 0 Å². The Kier molecular flexibility index (Phi) is 10.7. The molecule has 0 bridgehead atoms. The summed E-state index contributed by atoms with van der Waals surface area (Å²) >= 11 is 0. The second-order valence-corrected chi connectivity index (χ2v) is 16.7. The van der Waals surface area contributed by atoms with E-state index in [0.29, 0.717) is 19.5 Å². The van der Waals surface area contributed by atoms with Crippen LogP contribution >= 0.6 is 0 Å². The van der Waals surface area contributed by atoms with Gasteiger partial charge in [-0.05, 0) is 94.6 Å². The van der Waals surface area contributed by atoms with Crippen molar-refractivity contribution in [3.8, 4) is 11.1 Å². The second-order valence-electron chi connectivity index (χ2n) is 16.7. The number of amides is 3. The minimum Gasteiger partial charge on any atom is -0.469 e. The minimum atomic E-state index is -0.692. The summed E-state index contributed by atoms with van der Waals surface area (Å²) in [5.41, 5.74) is 7.14. The number of nitrogens with zero attached hydrogens (tertiary/aromatic N) is 4. The third-order valence-electron chi connectivity index (χ3n) is 12.4. The van der Waals surface area contributed by atoms with Crippen LogP contribution in [0.5, 0.6) is 0 Å². The first-order chi connectivity index (χ1) is 27.9. The molecule has 302 valence electrons. The van der Waals surface area contributed by atoms with Crippen LogP contribution in [0, 0.1) is 17.8 Å². The number of carbonyl (C=O) groups is 4. The van der Waals surface area contributed by atoms with E-state index in [9.17, 15) is 19.2 Å². The van der Waals surface area contributed by atoms with E-state index in [4.69, 9.17) is 19.5 Å². The van der Waals surface area contributed by atoms with Crippen LogP contribution in [-0.4, -0.2) is 88.7 Å². The van der Waals surface area contributed by atoms with Crippen molar-refractivity contribution in [2.75, 3.05) is 27.3 Å². The zero-order chi connectivity index (χ0) is 40.8. The van der Waals surface area contributed by atoms with Crippen LogP contribution in [0.3, 0.4) is 0 Å². The zero-order valence-electron chi connectivity index (χ0n) is 34.1. The SMILES string of the molecule is COC(=O)C[C@H](C(=O)N1CCCC1C1=Nc2ccc3cc(-c4ccc5c(ccc6[nH]c([C@@H]7CCCN7C(=O)[C@@H](NC(=O)OC)C(C)C)nc65)c4)ccc3c2C1)C(C)C. The minimum absolute atomic E-state index is 0.0125. The predicted octanol–water partition coefficient (Wildman–Crippen LogP) is 8.04. The van der Waals surface area contributed by atoms with Gasteiger partial charge in [0.15, 0.2) is 0 Å². The molecular weight excluding hydrogens is 733 g/mol. The summed E-state index contributed by atoms with van der Waals surface area (Å²) in [5.74, 6) is -0.240. The van der Waals surface area contributed by atoms with E-state index in [1.807, 2.05) is 37.5 Å². The first-order valence-corrected chi connectivity index (χ1v) is 20.5. The quantitative estimate of drug-likeness (QED) is 0.136. The maximum absolute atomic E-state index is 13.8. The number of aromatic amines is 1. The number of methoxy groups -OCH3 is 2. The highest BCUT2D eigenvalue weighted by atomic mass is 16.5. The number of carbonyl (C=O) groups excluding carboxylic acids is 4. The molecule has 5 aromatic rings. The number of nitrogens with one attached hydrogen (secondary N) is 2. The van der Waals surface area contributed by atoms with E-state index >= 15 is 0 Å². The average molecular weight is 785 g/mol. The number of rotatable bonds is 10. The molecule has 12 heteroatoms. The number of benzene rings is 4. The van der Waals surface area contributed by atoms with Gasteiger partial charge in [0, 0.05) is 30.6 Å². The molecule has 0 spiro atoms. The molecule has 0 saturated carbocycles. The first-order valence-electron chi connectivity index (χ1n) is 20.5. The van der Waals surface area contributed by atoms with Crippen LogP contribution in [0.25, 0.3) is 43.7 Å². The smallest absolute Gasteiger partial charge is 0.407 e. The molecule has 8 rings (SSSR count). The lowest BCUT2D eigenvalue weighted by atomic mass is 9.90. The van der Waals surface area contributed by atoms with Gasteiger partial charge in [-0.3, -0.25) is 19.4 Å². The Morgan fingerprint density at radius 2 is 1.45 bits per heavy atom. The number of H-pyrrole nitrogens is 1. The highest BCUT2D eigenvalue weighted by Gasteiger charge is 2.40. The molecule has 2 saturated heterocycles.